The SMILES string of the molecule is COc1cc(N)cc(-c2cc(N)cc(OC)c2OC)c1OC. The molecular weight excluding hydrogens is 284 g/mol. The molecule has 0 fully saturated rings. The Morgan fingerprint density at radius 2 is 0.955 bits per heavy atom. The molecule has 0 spiro atoms. The van der Waals surface area contributed by atoms with Crippen LogP contribution in [0, 0.1) is 0 Å². The van der Waals surface area contributed by atoms with Crippen LogP contribution in [0.2, 0.25) is 0 Å². The number of nitrogens with two attached hydrogens (primary N) is 2. The minimum Gasteiger partial charge on any atom is -0.493 e. The molecule has 0 radical (unpaired) electrons. The fourth-order valence-corrected chi connectivity index (χ4v) is 2.37. The van der Waals surface area contributed by atoms with E-state index in [-0.39, 0.29) is 0 Å². The van der Waals surface area contributed by atoms with Crippen LogP contribution in [0.15, 0.2) is 24.3 Å². The van der Waals surface area contributed by atoms with Crippen LogP contribution in [0.4, 0.5) is 11.4 Å². The molecule has 4 N–H and O–H groups in total. The highest BCUT2D eigenvalue weighted by molar-refractivity contribution is 5.85. The van der Waals surface area contributed by atoms with Gasteiger partial charge in [0, 0.05) is 34.6 Å². The first-order valence-corrected chi connectivity index (χ1v) is 6.59. The Bertz CT molecular complexity index is 627. The Labute approximate surface area is 129 Å². The van der Waals surface area contributed by atoms with E-state index in [4.69, 9.17) is 30.4 Å². The minimum atomic E-state index is 0.529. The molecule has 6 heteroatoms. The minimum absolute atomic E-state index is 0.529. The van der Waals surface area contributed by atoms with Gasteiger partial charge in [0.1, 0.15) is 0 Å². The molecule has 0 amide bonds. The molecule has 0 unspecified atom stereocenters. The normalized spacial score (nSPS) is 10.2. The number of nitrogen functional groups attached to an aromatic ring is 2. The monoisotopic (exact) mass is 304 g/mol. The van der Waals surface area contributed by atoms with E-state index in [1.165, 1.54) is 0 Å². The maximum absolute atomic E-state index is 5.96. The van der Waals surface area contributed by atoms with E-state index in [0.29, 0.717) is 45.5 Å². The van der Waals surface area contributed by atoms with E-state index < -0.39 is 0 Å². The van der Waals surface area contributed by atoms with Gasteiger partial charge in [-0.3, -0.25) is 0 Å². The zero-order valence-electron chi connectivity index (χ0n) is 13.1. The summed E-state index contributed by atoms with van der Waals surface area (Å²) in [7, 11) is 6.23. The molecule has 0 atom stereocenters. The molecule has 0 aliphatic rings. The largest absolute Gasteiger partial charge is 0.493 e. The van der Waals surface area contributed by atoms with Crippen molar-refractivity contribution in [2.75, 3.05) is 39.9 Å². The first-order valence-electron chi connectivity index (χ1n) is 6.59. The smallest absolute Gasteiger partial charge is 0.168 e. The number of rotatable bonds is 5. The summed E-state index contributed by atoms with van der Waals surface area (Å²) in [5.74, 6) is 2.15. The van der Waals surface area contributed by atoms with Crippen molar-refractivity contribution in [3.05, 3.63) is 24.3 Å². The van der Waals surface area contributed by atoms with Gasteiger partial charge >= 0.3 is 0 Å². The predicted octanol–water partition coefficient (Wildman–Crippen LogP) is 2.55. The van der Waals surface area contributed by atoms with Crippen LogP contribution in [0.5, 0.6) is 23.0 Å². The summed E-state index contributed by atoms with van der Waals surface area (Å²) in [6.07, 6.45) is 0. The highest BCUT2D eigenvalue weighted by atomic mass is 16.5. The molecule has 6 nitrogen and oxygen atoms in total. The Morgan fingerprint density at radius 3 is 1.23 bits per heavy atom. The number of hydrogen-bond donors (Lipinski definition) is 2. The van der Waals surface area contributed by atoms with Gasteiger partial charge in [0.2, 0.25) is 0 Å². The van der Waals surface area contributed by atoms with E-state index in [1.54, 1.807) is 52.7 Å². The number of methoxy groups -OCH3 is 4. The van der Waals surface area contributed by atoms with Crippen molar-refractivity contribution in [2.24, 2.45) is 0 Å². The standard InChI is InChI=1S/C16H20N2O4/c1-19-13-7-9(17)5-11(15(13)21-3)12-6-10(18)8-14(20-2)16(12)22-4/h5-8H,17-18H2,1-4H3. The van der Waals surface area contributed by atoms with Crippen LogP contribution in [0.1, 0.15) is 0 Å². The number of anilines is 2. The zero-order valence-corrected chi connectivity index (χ0v) is 13.1. The molecule has 2 rings (SSSR count). The van der Waals surface area contributed by atoms with Gasteiger partial charge in [-0.2, -0.15) is 0 Å². The third-order valence-corrected chi connectivity index (χ3v) is 3.29. The summed E-state index contributed by atoms with van der Waals surface area (Å²) >= 11 is 0. The maximum Gasteiger partial charge on any atom is 0.168 e. The molecule has 0 saturated carbocycles. The average molecular weight is 304 g/mol. The summed E-state index contributed by atoms with van der Waals surface area (Å²) in [6.45, 7) is 0. The van der Waals surface area contributed by atoms with E-state index in [9.17, 15) is 0 Å². The molecule has 0 aliphatic carbocycles. The summed E-state index contributed by atoms with van der Waals surface area (Å²) in [6, 6.07) is 6.94. The lowest BCUT2D eigenvalue weighted by Gasteiger charge is -2.18. The second-order valence-electron chi connectivity index (χ2n) is 4.61. The molecule has 22 heavy (non-hydrogen) atoms. The van der Waals surface area contributed by atoms with Gasteiger partial charge in [-0.15, -0.1) is 0 Å². The molecule has 0 bridgehead atoms. The predicted molar refractivity (Wildman–Crippen MR) is 86.9 cm³/mol. The van der Waals surface area contributed by atoms with E-state index in [2.05, 4.69) is 0 Å². The Balaban J connectivity index is 2.81. The number of benzene rings is 2. The van der Waals surface area contributed by atoms with Crippen LogP contribution in [0.3, 0.4) is 0 Å². The van der Waals surface area contributed by atoms with Gasteiger partial charge in [0.15, 0.2) is 23.0 Å². The summed E-state index contributed by atoms with van der Waals surface area (Å²) in [4.78, 5) is 0. The lowest BCUT2D eigenvalue weighted by atomic mass is 10.0. The summed E-state index contributed by atoms with van der Waals surface area (Å²) in [5, 5.41) is 0. The molecule has 2 aromatic carbocycles. The van der Waals surface area contributed by atoms with Crippen molar-refractivity contribution in [1.82, 2.24) is 0 Å². The van der Waals surface area contributed by atoms with Crippen LogP contribution in [-0.4, -0.2) is 28.4 Å². The summed E-state index contributed by atoms with van der Waals surface area (Å²) < 4.78 is 21.6. The van der Waals surface area contributed by atoms with Crippen molar-refractivity contribution in [3.63, 3.8) is 0 Å². The lowest BCUT2D eigenvalue weighted by Crippen LogP contribution is -2.00. The maximum atomic E-state index is 5.96. The van der Waals surface area contributed by atoms with Crippen molar-refractivity contribution in [1.29, 1.82) is 0 Å². The van der Waals surface area contributed by atoms with Crippen LogP contribution in [0.25, 0.3) is 11.1 Å². The van der Waals surface area contributed by atoms with Gasteiger partial charge in [-0.1, -0.05) is 0 Å². The average Bonchev–Trinajstić information content (AvgIpc) is 2.52. The quantitative estimate of drug-likeness (QED) is 0.825. The third-order valence-electron chi connectivity index (χ3n) is 3.29. The fraction of sp³-hybridized carbons (Fsp3) is 0.250. The van der Waals surface area contributed by atoms with Crippen molar-refractivity contribution in [2.45, 2.75) is 0 Å². The Kier molecular flexibility index (Phi) is 4.50. The van der Waals surface area contributed by atoms with Crippen molar-refractivity contribution < 1.29 is 18.9 Å². The van der Waals surface area contributed by atoms with Crippen LogP contribution < -0.4 is 30.4 Å². The van der Waals surface area contributed by atoms with Crippen molar-refractivity contribution in [3.8, 4) is 34.1 Å². The molecule has 2 aromatic rings. The van der Waals surface area contributed by atoms with Crippen LogP contribution >= 0.6 is 0 Å². The first-order chi connectivity index (χ1) is 10.5. The fourth-order valence-electron chi connectivity index (χ4n) is 2.37. The molecule has 0 saturated heterocycles. The second-order valence-corrected chi connectivity index (χ2v) is 4.61. The summed E-state index contributed by atoms with van der Waals surface area (Å²) in [5.41, 5.74) is 14.4. The van der Waals surface area contributed by atoms with E-state index in [0.717, 1.165) is 0 Å². The highest BCUT2D eigenvalue weighted by Crippen LogP contribution is 2.47. The van der Waals surface area contributed by atoms with Crippen molar-refractivity contribution >= 4 is 11.4 Å². The van der Waals surface area contributed by atoms with Gasteiger partial charge in [0.25, 0.3) is 0 Å². The molecular formula is C16H20N2O4. The van der Waals surface area contributed by atoms with Gasteiger partial charge < -0.3 is 30.4 Å². The first kappa shape index (κ1) is 15.6. The Hall–Kier alpha value is -2.76. The molecule has 0 aromatic heterocycles. The van der Waals surface area contributed by atoms with Crippen LogP contribution in [-0.2, 0) is 0 Å². The zero-order chi connectivity index (χ0) is 16.3. The number of hydrogen-bond acceptors (Lipinski definition) is 6. The molecule has 118 valence electrons. The van der Waals surface area contributed by atoms with E-state index in [1.807, 2.05) is 0 Å². The second kappa shape index (κ2) is 6.34. The van der Waals surface area contributed by atoms with Gasteiger partial charge in [-0.05, 0) is 12.1 Å². The third kappa shape index (κ3) is 2.67. The Morgan fingerprint density at radius 1 is 0.591 bits per heavy atom. The highest BCUT2D eigenvalue weighted by Gasteiger charge is 2.20. The topological polar surface area (TPSA) is 89.0 Å². The molecule has 0 aliphatic heterocycles. The van der Waals surface area contributed by atoms with E-state index >= 15 is 0 Å². The van der Waals surface area contributed by atoms with Gasteiger partial charge in [0.05, 0.1) is 28.4 Å². The molecule has 0 heterocycles. The van der Waals surface area contributed by atoms with Gasteiger partial charge in [-0.25, -0.2) is 0 Å². The lowest BCUT2D eigenvalue weighted by molar-refractivity contribution is 0.352. The number of ether oxygens (including phenoxy) is 4.